The lowest BCUT2D eigenvalue weighted by Crippen LogP contribution is -2.55. The number of para-hydroxylation sites is 1. The van der Waals surface area contributed by atoms with Crippen molar-refractivity contribution in [2.45, 2.75) is 57.2 Å². The molecule has 0 radical (unpaired) electrons. The summed E-state index contributed by atoms with van der Waals surface area (Å²) in [5.41, 5.74) is 0.975. The number of nitrogens with zero attached hydrogens (tertiary/aromatic N) is 1. The number of aliphatic carboxylic acids is 1. The third-order valence-electron chi connectivity index (χ3n) is 8.50. The van der Waals surface area contributed by atoms with Crippen LogP contribution in [0.5, 0.6) is 0 Å². The number of esters is 1. The molecule has 0 saturated heterocycles. The van der Waals surface area contributed by atoms with Gasteiger partial charge in [-0.05, 0) is 35.2 Å². The van der Waals surface area contributed by atoms with Crippen LogP contribution in [-0.4, -0.2) is 69.6 Å². The minimum Gasteiger partial charge on any atom is -0.481 e. The molecule has 0 spiro atoms. The van der Waals surface area contributed by atoms with E-state index in [0.29, 0.717) is 11.3 Å². The zero-order chi connectivity index (χ0) is 36.7. The van der Waals surface area contributed by atoms with Gasteiger partial charge < -0.3 is 30.3 Å². The molecular formula is C37H36Cl2N4O8. The SMILES string of the molecule is CC(C)C(NC(=O)Cc1c[nH]c2ccccc12)C1=NOC(Cc2ccccc2)(C(=O)N[C@@H](CC(=O)O)C(=O)COC(=O)c2c(Cl)cccc2Cl)C1. The van der Waals surface area contributed by atoms with Crippen molar-refractivity contribution < 1.29 is 38.7 Å². The van der Waals surface area contributed by atoms with Crippen LogP contribution >= 0.6 is 23.2 Å². The molecule has 51 heavy (non-hydrogen) atoms. The van der Waals surface area contributed by atoms with Crippen LogP contribution in [0.4, 0.5) is 0 Å². The first-order valence-corrected chi connectivity index (χ1v) is 16.9. The number of carboxylic acid groups (broad SMARTS) is 1. The second kappa shape index (κ2) is 16.2. The second-order valence-electron chi connectivity index (χ2n) is 12.6. The van der Waals surface area contributed by atoms with E-state index in [-0.39, 0.29) is 46.7 Å². The Morgan fingerprint density at radius 1 is 0.961 bits per heavy atom. The van der Waals surface area contributed by atoms with Gasteiger partial charge in [0.1, 0.15) is 6.04 Å². The highest BCUT2D eigenvalue weighted by Crippen LogP contribution is 2.32. The standard InChI is InChI=1S/C37H36Cl2N4O8/c1-21(2)34(42-31(45)15-23-19-40-27-14-7-6-11-24(23)27)29-18-37(51-43-29,17-22-9-4-3-5-10-22)36(49)41-28(16-32(46)47)30(44)20-50-35(48)33-25(38)12-8-13-26(33)39/h3-14,19,21,28,34,40H,15-18,20H2,1-2H3,(H,41,49)(H,42,45)(H,46,47)/t28-,34?,37?/m0/s1. The summed E-state index contributed by atoms with van der Waals surface area (Å²) in [4.78, 5) is 74.3. The number of hydrogen-bond donors (Lipinski definition) is 4. The summed E-state index contributed by atoms with van der Waals surface area (Å²) >= 11 is 12.1. The average molecular weight is 736 g/mol. The van der Waals surface area contributed by atoms with Gasteiger partial charge >= 0.3 is 11.9 Å². The number of fused-ring (bicyclic) bond motifs is 1. The van der Waals surface area contributed by atoms with Gasteiger partial charge in [0.05, 0.1) is 40.2 Å². The van der Waals surface area contributed by atoms with Crippen LogP contribution in [0.25, 0.3) is 10.9 Å². The number of Topliss-reactive ketones (excluding diaryl/α,β-unsaturated/α-hetero) is 1. The fourth-order valence-corrected chi connectivity index (χ4v) is 6.47. The molecule has 2 amide bonds. The summed E-state index contributed by atoms with van der Waals surface area (Å²) in [7, 11) is 0. The summed E-state index contributed by atoms with van der Waals surface area (Å²) in [5, 5.41) is 20.4. The van der Waals surface area contributed by atoms with E-state index in [4.69, 9.17) is 32.8 Å². The Labute approximate surface area is 303 Å². The molecule has 266 valence electrons. The Morgan fingerprint density at radius 2 is 1.65 bits per heavy atom. The maximum Gasteiger partial charge on any atom is 0.341 e. The molecule has 4 aromatic rings. The third kappa shape index (κ3) is 8.94. The van der Waals surface area contributed by atoms with E-state index in [9.17, 15) is 29.1 Å². The van der Waals surface area contributed by atoms with Gasteiger partial charge in [0.15, 0.2) is 12.4 Å². The van der Waals surface area contributed by atoms with Crippen LogP contribution in [0.3, 0.4) is 0 Å². The Kier molecular flexibility index (Phi) is 11.8. The zero-order valence-electron chi connectivity index (χ0n) is 27.8. The average Bonchev–Trinajstić information content (AvgIpc) is 3.71. The second-order valence-corrected chi connectivity index (χ2v) is 13.4. The van der Waals surface area contributed by atoms with Gasteiger partial charge in [0.2, 0.25) is 11.5 Å². The van der Waals surface area contributed by atoms with Crippen molar-refractivity contribution in [2.24, 2.45) is 11.1 Å². The molecule has 3 atom stereocenters. The first-order chi connectivity index (χ1) is 24.4. The molecule has 2 unspecified atom stereocenters. The van der Waals surface area contributed by atoms with Gasteiger partial charge in [0, 0.05) is 29.9 Å². The van der Waals surface area contributed by atoms with Crippen LogP contribution in [0.2, 0.25) is 10.0 Å². The Hall–Kier alpha value is -5.20. The van der Waals surface area contributed by atoms with Crippen LogP contribution < -0.4 is 10.6 Å². The van der Waals surface area contributed by atoms with Gasteiger partial charge in [-0.1, -0.05) is 96.8 Å². The highest BCUT2D eigenvalue weighted by molar-refractivity contribution is 6.39. The first kappa shape index (κ1) is 37.1. The van der Waals surface area contributed by atoms with E-state index >= 15 is 0 Å². The summed E-state index contributed by atoms with van der Waals surface area (Å²) < 4.78 is 5.12. The molecule has 2 heterocycles. The largest absolute Gasteiger partial charge is 0.481 e. The van der Waals surface area contributed by atoms with Crippen LogP contribution in [-0.2, 0) is 41.6 Å². The van der Waals surface area contributed by atoms with E-state index in [1.54, 1.807) is 30.5 Å². The molecule has 3 aromatic carbocycles. The molecule has 14 heteroatoms. The monoisotopic (exact) mass is 734 g/mol. The number of hydrogen-bond acceptors (Lipinski definition) is 8. The number of aromatic nitrogens is 1. The van der Waals surface area contributed by atoms with Gasteiger partial charge in [0.25, 0.3) is 5.91 Å². The maximum atomic E-state index is 14.1. The highest BCUT2D eigenvalue weighted by Gasteiger charge is 2.49. The molecule has 4 N–H and O–H groups in total. The summed E-state index contributed by atoms with van der Waals surface area (Å²) in [6.45, 7) is 2.93. The molecule has 1 aliphatic heterocycles. The third-order valence-corrected chi connectivity index (χ3v) is 9.13. The predicted octanol–water partition coefficient (Wildman–Crippen LogP) is 5.30. The molecule has 1 aromatic heterocycles. The molecule has 0 aliphatic carbocycles. The number of rotatable bonds is 15. The summed E-state index contributed by atoms with van der Waals surface area (Å²) in [6.07, 6.45) is 1.03. The van der Waals surface area contributed by atoms with E-state index < -0.39 is 54.3 Å². The van der Waals surface area contributed by atoms with Crippen molar-refractivity contribution >= 4 is 69.4 Å². The number of oxime groups is 1. The number of halogens is 2. The molecule has 1 aliphatic rings. The number of carbonyl (C=O) groups excluding carboxylic acids is 4. The van der Waals surface area contributed by atoms with Gasteiger partial charge in [-0.25, -0.2) is 4.79 Å². The Morgan fingerprint density at radius 3 is 2.33 bits per heavy atom. The number of H-pyrrole nitrogens is 1. The maximum absolute atomic E-state index is 14.1. The topological polar surface area (TPSA) is 176 Å². The van der Waals surface area contributed by atoms with Gasteiger partial charge in [-0.3, -0.25) is 19.2 Å². The first-order valence-electron chi connectivity index (χ1n) is 16.2. The number of carbonyl (C=O) groups is 5. The molecule has 0 bridgehead atoms. The number of amides is 2. The Balaban J connectivity index is 1.33. The van der Waals surface area contributed by atoms with Gasteiger partial charge in [-0.2, -0.15) is 0 Å². The Bertz CT molecular complexity index is 1960. The smallest absolute Gasteiger partial charge is 0.341 e. The normalized spacial score (nSPS) is 16.5. The van der Waals surface area contributed by atoms with Crippen molar-refractivity contribution in [1.29, 1.82) is 0 Å². The highest BCUT2D eigenvalue weighted by atomic mass is 35.5. The van der Waals surface area contributed by atoms with Crippen LogP contribution in [0.1, 0.15) is 48.2 Å². The summed E-state index contributed by atoms with van der Waals surface area (Å²) in [5.74, 6) is -4.49. The lowest BCUT2D eigenvalue weighted by Gasteiger charge is -2.29. The van der Waals surface area contributed by atoms with Crippen molar-refractivity contribution in [2.75, 3.05) is 6.61 Å². The lowest BCUT2D eigenvalue weighted by atomic mass is 9.84. The molecule has 5 rings (SSSR count). The van der Waals surface area contributed by atoms with Gasteiger partial charge in [-0.15, -0.1) is 0 Å². The fraction of sp³-hybridized carbons (Fsp3) is 0.297. The van der Waals surface area contributed by atoms with Crippen molar-refractivity contribution in [3.63, 3.8) is 0 Å². The van der Waals surface area contributed by atoms with Crippen molar-refractivity contribution in [3.8, 4) is 0 Å². The van der Waals surface area contributed by atoms with E-state index in [2.05, 4.69) is 20.8 Å². The fourth-order valence-electron chi connectivity index (χ4n) is 5.91. The van der Waals surface area contributed by atoms with E-state index in [1.165, 1.54) is 18.2 Å². The summed E-state index contributed by atoms with van der Waals surface area (Å²) in [6, 6.07) is 18.8. The lowest BCUT2D eigenvalue weighted by molar-refractivity contribution is -0.148. The number of ketones is 1. The number of benzene rings is 3. The van der Waals surface area contributed by atoms with Crippen LogP contribution in [0.15, 0.2) is 84.1 Å². The van der Waals surface area contributed by atoms with Crippen molar-refractivity contribution in [3.05, 3.63) is 106 Å². The minimum absolute atomic E-state index is 0.00114. The number of ether oxygens (including phenoxy) is 1. The zero-order valence-corrected chi connectivity index (χ0v) is 29.3. The van der Waals surface area contributed by atoms with Crippen molar-refractivity contribution in [1.82, 2.24) is 15.6 Å². The minimum atomic E-state index is -1.70. The molecule has 0 fully saturated rings. The van der Waals surface area contributed by atoms with Crippen LogP contribution in [0, 0.1) is 5.92 Å². The predicted molar refractivity (Wildman–Crippen MR) is 191 cm³/mol. The van der Waals surface area contributed by atoms with E-state index in [1.807, 2.05) is 44.2 Å². The molecule has 12 nitrogen and oxygen atoms in total. The van der Waals surface area contributed by atoms with E-state index in [0.717, 1.165) is 16.5 Å². The number of aromatic amines is 1. The molecular weight excluding hydrogens is 699 g/mol. The quantitative estimate of drug-likeness (QED) is 0.119. The number of nitrogens with one attached hydrogen (secondary N) is 3. The molecule has 0 saturated carbocycles. The number of carboxylic acids is 1.